The molecule has 17 heavy (non-hydrogen) atoms. The second-order valence-corrected chi connectivity index (χ2v) is 3.32. The standard InChI is InChI=1S/C13H12NO2.Na.H/c15-13(14-9-5-2-6-10-14)16-11-12-7-3-1-4-8-12;;/h1-10H,11H2;;/q2*+1;-1. The van der Waals surface area contributed by atoms with Crippen LogP contribution in [0, 0.1) is 0 Å². The van der Waals surface area contributed by atoms with Gasteiger partial charge in [0.25, 0.3) is 0 Å². The molecule has 0 N–H and O–H groups in total. The van der Waals surface area contributed by atoms with E-state index in [4.69, 9.17) is 4.74 Å². The summed E-state index contributed by atoms with van der Waals surface area (Å²) in [6.45, 7) is 0.293. The zero-order valence-electron chi connectivity index (χ0n) is 10.7. The number of ether oxygens (including phenoxy) is 1. The fourth-order valence-corrected chi connectivity index (χ4v) is 1.31. The number of pyridine rings is 1. The third kappa shape index (κ3) is 4.30. The summed E-state index contributed by atoms with van der Waals surface area (Å²) >= 11 is 0. The van der Waals surface area contributed by atoms with Crippen LogP contribution >= 0.6 is 0 Å². The third-order valence-corrected chi connectivity index (χ3v) is 2.13. The van der Waals surface area contributed by atoms with Crippen LogP contribution in [-0.2, 0) is 11.3 Å². The zero-order valence-corrected chi connectivity index (χ0v) is 11.7. The molecule has 4 heteroatoms. The summed E-state index contributed by atoms with van der Waals surface area (Å²) in [6, 6.07) is 15.0. The second kappa shape index (κ2) is 7.22. The first-order chi connectivity index (χ1) is 7.86. The Labute approximate surface area is 124 Å². The normalized spacial score (nSPS) is 9.18. The molecule has 0 aliphatic rings. The van der Waals surface area contributed by atoms with Crippen LogP contribution in [0.3, 0.4) is 0 Å². The number of hydrogen-bond donors (Lipinski definition) is 0. The molecule has 2 rings (SSSR count). The number of aromatic nitrogens is 1. The summed E-state index contributed by atoms with van der Waals surface area (Å²) in [6.07, 6.45) is 2.95. The van der Waals surface area contributed by atoms with Crippen LogP contribution in [0.1, 0.15) is 6.99 Å². The van der Waals surface area contributed by atoms with Crippen molar-refractivity contribution in [2.24, 2.45) is 0 Å². The Morgan fingerprint density at radius 1 is 1.06 bits per heavy atom. The molecule has 3 nitrogen and oxygen atoms in total. The molecule has 0 radical (unpaired) electrons. The van der Waals surface area contributed by atoms with Crippen molar-refractivity contribution in [2.45, 2.75) is 6.61 Å². The zero-order chi connectivity index (χ0) is 11.2. The van der Waals surface area contributed by atoms with Gasteiger partial charge in [-0.1, -0.05) is 41.0 Å². The van der Waals surface area contributed by atoms with Crippen LogP contribution in [0.15, 0.2) is 60.9 Å². The molecule has 0 aliphatic carbocycles. The van der Waals surface area contributed by atoms with Crippen LogP contribution in [-0.4, -0.2) is 6.09 Å². The average molecular weight is 238 g/mol. The van der Waals surface area contributed by atoms with Crippen molar-refractivity contribution >= 4 is 6.09 Å². The molecule has 0 atom stereocenters. The third-order valence-electron chi connectivity index (χ3n) is 2.13. The fourth-order valence-electron chi connectivity index (χ4n) is 1.31. The molecular weight excluding hydrogens is 225 g/mol. The van der Waals surface area contributed by atoms with Gasteiger partial charge in [-0.05, 0) is 5.56 Å². The molecule has 0 unspecified atom stereocenters. The van der Waals surface area contributed by atoms with Crippen molar-refractivity contribution in [1.82, 2.24) is 0 Å². The molecule has 1 aromatic carbocycles. The maximum atomic E-state index is 11.6. The van der Waals surface area contributed by atoms with Gasteiger partial charge in [-0.2, -0.15) is 4.79 Å². The summed E-state index contributed by atoms with van der Waals surface area (Å²) in [7, 11) is 0. The van der Waals surface area contributed by atoms with E-state index in [0.717, 1.165) is 5.56 Å². The van der Waals surface area contributed by atoms with Crippen LogP contribution in [0.5, 0.6) is 0 Å². The van der Waals surface area contributed by atoms with Gasteiger partial charge >= 0.3 is 35.7 Å². The molecule has 0 fully saturated rings. The van der Waals surface area contributed by atoms with E-state index in [1.165, 1.54) is 4.57 Å². The maximum Gasteiger partial charge on any atom is 1.00 e. The van der Waals surface area contributed by atoms with E-state index in [9.17, 15) is 4.79 Å². The van der Waals surface area contributed by atoms with Gasteiger partial charge in [0.1, 0.15) is 6.61 Å². The first-order valence-electron chi connectivity index (χ1n) is 5.03. The van der Waals surface area contributed by atoms with Gasteiger partial charge in [0.05, 0.1) is 0 Å². The summed E-state index contributed by atoms with van der Waals surface area (Å²) < 4.78 is 6.54. The molecule has 0 amide bonds. The summed E-state index contributed by atoms with van der Waals surface area (Å²) in [5.74, 6) is 0. The largest absolute Gasteiger partial charge is 1.00 e. The van der Waals surface area contributed by atoms with Crippen molar-refractivity contribution in [3.05, 3.63) is 66.5 Å². The quantitative estimate of drug-likeness (QED) is 0.510. The van der Waals surface area contributed by atoms with Crippen molar-refractivity contribution in [3.63, 3.8) is 0 Å². The molecule has 0 saturated heterocycles. The molecule has 0 spiro atoms. The van der Waals surface area contributed by atoms with E-state index in [2.05, 4.69) is 0 Å². The Morgan fingerprint density at radius 2 is 1.65 bits per heavy atom. The number of rotatable bonds is 2. The number of benzene rings is 1. The minimum absolute atomic E-state index is 0. The van der Waals surface area contributed by atoms with Gasteiger partial charge in [-0.15, -0.1) is 0 Å². The second-order valence-electron chi connectivity index (χ2n) is 3.32. The van der Waals surface area contributed by atoms with Crippen molar-refractivity contribution in [1.29, 1.82) is 0 Å². The molecule has 82 valence electrons. The van der Waals surface area contributed by atoms with Gasteiger partial charge in [0.15, 0.2) is 12.4 Å². The van der Waals surface area contributed by atoms with E-state index < -0.39 is 0 Å². The van der Waals surface area contributed by atoms with Crippen molar-refractivity contribution in [3.8, 4) is 0 Å². The average Bonchev–Trinajstić information content (AvgIpc) is 2.38. The van der Waals surface area contributed by atoms with E-state index >= 15 is 0 Å². The smallest absolute Gasteiger partial charge is 1.00 e. The first-order valence-corrected chi connectivity index (χ1v) is 5.03. The topological polar surface area (TPSA) is 30.2 Å². The van der Waals surface area contributed by atoms with Gasteiger partial charge in [0, 0.05) is 12.1 Å². The number of hydrogen-bond acceptors (Lipinski definition) is 2. The Kier molecular flexibility index (Phi) is 5.91. The Bertz CT molecular complexity index is 465. The fraction of sp³-hybridized carbons (Fsp3) is 0.0769. The molecule has 1 aromatic heterocycles. The predicted octanol–water partition coefficient (Wildman–Crippen LogP) is -0.724. The Morgan fingerprint density at radius 3 is 2.29 bits per heavy atom. The number of carbonyl (C=O) groups is 1. The van der Waals surface area contributed by atoms with Gasteiger partial charge in [-0.25, -0.2) is 0 Å². The monoisotopic (exact) mass is 238 g/mol. The summed E-state index contributed by atoms with van der Waals surface area (Å²) in [4.78, 5) is 11.6. The van der Waals surface area contributed by atoms with Crippen LogP contribution in [0.4, 0.5) is 4.79 Å². The number of nitrogens with zero attached hydrogens (tertiary/aromatic N) is 1. The molecule has 0 aliphatic heterocycles. The van der Waals surface area contributed by atoms with E-state index in [1.807, 2.05) is 36.4 Å². The number of carbonyl (C=O) groups excluding carboxylic acids is 1. The summed E-state index contributed by atoms with van der Waals surface area (Å²) in [5, 5.41) is 0. The van der Waals surface area contributed by atoms with Crippen molar-refractivity contribution in [2.75, 3.05) is 0 Å². The Hall–Kier alpha value is -1.16. The molecule has 0 saturated carbocycles. The van der Waals surface area contributed by atoms with Gasteiger partial charge in [0.2, 0.25) is 0 Å². The SMILES string of the molecule is O=C(OCc1ccccc1)[n+]1ccccc1.[H-].[Na+]. The minimum atomic E-state index is -0.371. The van der Waals surface area contributed by atoms with E-state index in [1.54, 1.807) is 24.5 Å². The van der Waals surface area contributed by atoms with Crippen LogP contribution < -0.4 is 34.1 Å². The molecule has 1 heterocycles. The molecule has 2 aromatic rings. The van der Waals surface area contributed by atoms with Gasteiger partial charge < -0.3 is 6.16 Å². The molecule has 0 bridgehead atoms. The van der Waals surface area contributed by atoms with Crippen LogP contribution in [0.2, 0.25) is 0 Å². The van der Waals surface area contributed by atoms with E-state index in [-0.39, 0.29) is 37.1 Å². The van der Waals surface area contributed by atoms with E-state index in [0.29, 0.717) is 6.61 Å². The van der Waals surface area contributed by atoms with Gasteiger partial charge in [-0.3, -0.25) is 0 Å². The minimum Gasteiger partial charge on any atom is -1.00 e. The molecular formula is C13H13NNaO2+. The van der Waals surface area contributed by atoms with Crippen LogP contribution in [0.25, 0.3) is 0 Å². The predicted molar refractivity (Wildman–Crippen MR) is 59.8 cm³/mol. The Balaban J connectivity index is 0.00000144. The van der Waals surface area contributed by atoms with Crippen molar-refractivity contribution < 1.29 is 45.1 Å². The first kappa shape index (κ1) is 13.9. The summed E-state index contributed by atoms with van der Waals surface area (Å²) in [5.41, 5.74) is 0.979. The maximum absolute atomic E-state index is 11.6.